The first-order valence-electron chi connectivity index (χ1n) is 8.57. The molecule has 1 aromatic carbocycles. The number of rotatable bonds is 2. The number of anilines is 1. The molecule has 1 aliphatic rings. The SMILES string of the molecule is COc1ccc(-c2c(C#N)c(N)[nH+]c3c2CCCCCC3)c(C)c1. The summed E-state index contributed by atoms with van der Waals surface area (Å²) in [6, 6.07) is 8.32. The highest BCUT2D eigenvalue weighted by Gasteiger charge is 2.24. The largest absolute Gasteiger partial charge is 0.497 e. The van der Waals surface area contributed by atoms with Gasteiger partial charge in [-0.2, -0.15) is 5.26 Å². The van der Waals surface area contributed by atoms with Crippen LogP contribution in [0.5, 0.6) is 5.75 Å². The van der Waals surface area contributed by atoms with Gasteiger partial charge in [-0.05, 0) is 49.4 Å². The summed E-state index contributed by atoms with van der Waals surface area (Å²) in [5, 5.41) is 9.70. The third kappa shape index (κ3) is 2.94. The molecule has 4 heteroatoms. The molecule has 4 nitrogen and oxygen atoms in total. The predicted molar refractivity (Wildman–Crippen MR) is 94.7 cm³/mol. The van der Waals surface area contributed by atoms with E-state index in [1.165, 1.54) is 24.1 Å². The van der Waals surface area contributed by atoms with Gasteiger partial charge in [-0.1, -0.05) is 18.9 Å². The van der Waals surface area contributed by atoms with Crippen molar-refractivity contribution in [3.63, 3.8) is 0 Å². The first-order valence-corrected chi connectivity index (χ1v) is 8.57. The molecule has 0 fully saturated rings. The second-order valence-electron chi connectivity index (χ2n) is 6.45. The zero-order chi connectivity index (χ0) is 17.1. The number of fused-ring (bicyclic) bond motifs is 1. The van der Waals surface area contributed by atoms with E-state index in [-0.39, 0.29) is 0 Å². The van der Waals surface area contributed by atoms with E-state index in [1.807, 2.05) is 18.2 Å². The number of hydrogen-bond donors (Lipinski definition) is 1. The number of methoxy groups -OCH3 is 1. The van der Waals surface area contributed by atoms with Gasteiger partial charge in [0.05, 0.1) is 7.11 Å². The summed E-state index contributed by atoms with van der Waals surface area (Å²) in [5.74, 6) is 1.30. The molecule has 1 heterocycles. The van der Waals surface area contributed by atoms with Gasteiger partial charge < -0.3 is 4.74 Å². The minimum Gasteiger partial charge on any atom is -0.497 e. The van der Waals surface area contributed by atoms with Gasteiger partial charge in [0.15, 0.2) is 0 Å². The molecule has 0 saturated carbocycles. The second-order valence-corrected chi connectivity index (χ2v) is 6.45. The van der Waals surface area contributed by atoms with Crippen molar-refractivity contribution in [3.05, 3.63) is 40.6 Å². The summed E-state index contributed by atoms with van der Waals surface area (Å²) in [4.78, 5) is 3.30. The maximum absolute atomic E-state index is 9.70. The molecular formula is C20H24N3O+. The van der Waals surface area contributed by atoms with Gasteiger partial charge in [0.2, 0.25) is 0 Å². The van der Waals surface area contributed by atoms with E-state index < -0.39 is 0 Å². The Hall–Kier alpha value is -2.54. The van der Waals surface area contributed by atoms with Gasteiger partial charge >= 0.3 is 0 Å². The van der Waals surface area contributed by atoms with Crippen LogP contribution in [0.1, 0.15) is 48.1 Å². The zero-order valence-corrected chi connectivity index (χ0v) is 14.4. The highest BCUT2D eigenvalue weighted by molar-refractivity contribution is 5.80. The number of nitrogens with zero attached hydrogens (tertiary/aromatic N) is 1. The lowest BCUT2D eigenvalue weighted by molar-refractivity contribution is -0.374. The molecule has 1 aliphatic carbocycles. The molecule has 0 amide bonds. The molecule has 0 spiro atoms. The lowest BCUT2D eigenvalue weighted by Crippen LogP contribution is -2.23. The van der Waals surface area contributed by atoms with E-state index in [9.17, 15) is 5.26 Å². The number of ether oxygens (including phenoxy) is 1. The number of benzene rings is 1. The van der Waals surface area contributed by atoms with Crippen LogP contribution in [0.25, 0.3) is 11.1 Å². The summed E-state index contributed by atoms with van der Waals surface area (Å²) in [7, 11) is 1.67. The molecule has 3 N–H and O–H groups in total. The fraction of sp³-hybridized carbons (Fsp3) is 0.400. The van der Waals surface area contributed by atoms with E-state index in [0.29, 0.717) is 11.4 Å². The average molecular weight is 322 g/mol. The van der Waals surface area contributed by atoms with Crippen LogP contribution in [-0.4, -0.2) is 7.11 Å². The maximum Gasteiger partial charge on any atom is 0.289 e. The number of pyridine rings is 1. The molecule has 0 atom stereocenters. The van der Waals surface area contributed by atoms with Gasteiger partial charge in [-0.15, -0.1) is 0 Å². The minimum absolute atomic E-state index is 0.474. The van der Waals surface area contributed by atoms with Crippen LogP contribution in [0.2, 0.25) is 0 Å². The first kappa shape index (κ1) is 16.3. The summed E-state index contributed by atoms with van der Waals surface area (Å²) >= 11 is 0. The molecule has 0 aliphatic heterocycles. The van der Waals surface area contributed by atoms with Crippen molar-refractivity contribution in [2.24, 2.45) is 0 Å². The van der Waals surface area contributed by atoms with E-state index in [4.69, 9.17) is 10.5 Å². The fourth-order valence-electron chi connectivity index (χ4n) is 3.64. The van der Waals surface area contributed by atoms with Crippen molar-refractivity contribution in [2.75, 3.05) is 12.8 Å². The monoisotopic (exact) mass is 322 g/mol. The molecule has 0 radical (unpaired) electrons. The van der Waals surface area contributed by atoms with E-state index >= 15 is 0 Å². The number of nitriles is 1. The molecule has 2 aromatic rings. The van der Waals surface area contributed by atoms with Crippen molar-refractivity contribution < 1.29 is 9.72 Å². The highest BCUT2D eigenvalue weighted by atomic mass is 16.5. The van der Waals surface area contributed by atoms with Crippen LogP contribution in [0.15, 0.2) is 18.2 Å². The number of aromatic amines is 1. The lowest BCUT2D eigenvalue weighted by atomic mass is 9.86. The van der Waals surface area contributed by atoms with Gasteiger partial charge in [0, 0.05) is 17.5 Å². The third-order valence-electron chi connectivity index (χ3n) is 4.89. The topological polar surface area (TPSA) is 73.2 Å². The maximum atomic E-state index is 9.70. The van der Waals surface area contributed by atoms with Crippen molar-refractivity contribution in [2.45, 2.75) is 45.4 Å². The molecule has 3 rings (SSSR count). The van der Waals surface area contributed by atoms with Crippen LogP contribution in [0.3, 0.4) is 0 Å². The molecule has 0 unspecified atom stereocenters. The Balaban J connectivity index is 2.27. The standard InChI is InChI=1S/C20H23N3O/c1-13-11-14(24-2)9-10-15(13)19-16-7-5-3-4-6-8-18(16)23-20(22)17(19)12-21/h9-11H,3-8H2,1-2H3,(H2,22,23)/p+1. The number of hydrogen-bond acceptors (Lipinski definition) is 3. The van der Waals surface area contributed by atoms with Gasteiger partial charge in [-0.25, -0.2) is 4.98 Å². The van der Waals surface area contributed by atoms with Gasteiger partial charge in [0.1, 0.15) is 23.1 Å². The number of nitrogen functional groups attached to an aromatic ring is 1. The Kier molecular flexibility index (Phi) is 4.71. The quantitative estimate of drug-likeness (QED) is 0.918. The Morgan fingerprint density at radius 2 is 1.92 bits per heavy atom. The fourth-order valence-corrected chi connectivity index (χ4v) is 3.64. The van der Waals surface area contributed by atoms with Crippen LogP contribution in [-0.2, 0) is 12.8 Å². The number of nitrogens with one attached hydrogen (secondary N) is 1. The Morgan fingerprint density at radius 1 is 1.17 bits per heavy atom. The Morgan fingerprint density at radius 3 is 2.58 bits per heavy atom. The normalized spacial score (nSPS) is 14.2. The molecule has 0 bridgehead atoms. The highest BCUT2D eigenvalue weighted by Crippen LogP contribution is 2.36. The van der Waals surface area contributed by atoms with Gasteiger partial charge in [-0.3, -0.25) is 5.73 Å². The third-order valence-corrected chi connectivity index (χ3v) is 4.89. The van der Waals surface area contributed by atoms with Crippen LogP contribution < -0.4 is 15.5 Å². The van der Waals surface area contributed by atoms with Gasteiger partial charge in [0.25, 0.3) is 5.82 Å². The molecule has 124 valence electrons. The van der Waals surface area contributed by atoms with Crippen molar-refractivity contribution in [1.29, 1.82) is 5.26 Å². The first-order chi connectivity index (χ1) is 11.7. The molecule has 1 aromatic heterocycles. The second kappa shape index (κ2) is 6.92. The summed E-state index contributed by atoms with van der Waals surface area (Å²) in [5.41, 5.74) is 12.4. The molecule has 24 heavy (non-hydrogen) atoms. The Labute approximate surface area is 143 Å². The Bertz CT molecular complexity index is 806. The molecular weight excluding hydrogens is 298 g/mol. The average Bonchev–Trinajstić information content (AvgIpc) is 2.55. The lowest BCUT2D eigenvalue weighted by Gasteiger charge is -2.19. The summed E-state index contributed by atoms with van der Waals surface area (Å²) < 4.78 is 5.32. The van der Waals surface area contributed by atoms with Crippen molar-refractivity contribution in [3.8, 4) is 22.9 Å². The van der Waals surface area contributed by atoms with E-state index in [2.05, 4.69) is 18.0 Å². The smallest absolute Gasteiger partial charge is 0.289 e. The zero-order valence-electron chi connectivity index (χ0n) is 14.4. The van der Waals surface area contributed by atoms with E-state index in [0.717, 1.165) is 48.1 Å². The summed E-state index contributed by atoms with van der Waals surface area (Å²) in [6.45, 7) is 2.06. The van der Waals surface area contributed by atoms with E-state index in [1.54, 1.807) is 7.11 Å². The number of aryl methyl sites for hydroxylation is 2. The predicted octanol–water partition coefficient (Wildman–Crippen LogP) is 3.60. The van der Waals surface area contributed by atoms with Crippen LogP contribution in [0, 0.1) is 18.3 Å². The van der Waals surface area contributed by atoms with Crippen LogP contribution >= 0.6 is 0 Å². The minimum atomic E-state index is 0.474. The van der Waals surface area contributed by atoms with Crippen LogP contribution in [0.4, 0.5) is 5.82 Å². The summed E-state index contributed by atoms with van der Waals surface area (Å²) in [6.07, 6.45) is 6.79. The van der Waals surface area contributed by atoms with Crippen molar-refractivity contribution >= 4 is 5.82 Å². The van der Waals surface area contributed by atoms with Crippen molar-refractivity contribution in [1.82, 2.24) is 0 Å². The number of aromatic nitrogens is 1. The molecule has 0 saturated heterocycles. The number of H-pyrrole nitrogens is 1. The number of nitrogens with two attached hydrogens (primary N) is 1.